The predicted octanol–water partition coefficient (Wildman–Crippen LogP) is 0.787. The highest BCUT2D eigenvalue weighted by Gasteiger charge is 2.40. The highest BCUT2D eigenvalue weighted by atomic mass is 16.6. The molecule has 2 atom stereocenters. The Morgan fingerprint density at radius 1 is 1.56 bits per heavy atom. The van der Waals surface area contributed by atoms with Gasteiger partial charge in [-0.1, -0.05) is 0 Å². The van der Waals surface area contributed by atoms with Crippen molar-refractivity contribution >= 4 is 6.09 Å². The highest BCUT2D eigenvalue weighted by Crippen LogP contribution is 2.29. The van der Waals surface area contributed by atoms with Crippen LogP contribution in [0, 0.1) is 0 Å². The van der Waals surface area contributed by atoms with Gasteiger partial charge < -0.3 is 20.3 Å². The minimum Gasteiger partial charge on any atom is -0.444 e. The van der Waals surface area contributed by atoms with E-state index in [1.165, 1.54) is 0 Å². The zero-order chi connectivity index (χ0) is 12.4. The second-order valence-corrected chi connectivity index (χ2v) is 5.37. The molecule has 0 radical (unpaired) electrons. The van der Waals surface area contributed by atoms with E-state index in [1.807, 2.05) is 0 Å². The Hall–Kier alpha value is -0.810. The normalized spacial score (nSPS) is 30.2. The SMILES string of the molecule is CC(C)(C)OC(=O)NCC1(O)CCCC1O. The molecule has 0 spiro atoms. The first-order chi connectivity index (χ1) is 7.23. The number of hydrogen-bond acceptors (Lipinski definition) is 4. The van der Waals surface area contributed by atoms with Crippen molar-refractivity contribution in [2.24, 2.45) is 0 Å². The van der Waals surface area contributed by atoms with E-state index in [0.717, 1.165) is 6.42 Å². The average molecular weight is 231 g/mol. The number of aliphatic hydroxyl groups excluding tert-OH is 1. The molecule has 0 aromatic carbocycles. The van der Waals surface area contributed by atoms with Gasteiger partial charge in [0.15, 0.2) is 0 Å². The zero-order valence-corrected chi connectivity index (χ0v) is 10.1. The van der Waals surface area contributed by atoms with Crippen molar-refractivity contribution in [3.8, 4) is 0 Å². The average Bonchev–Trinajstić information content (AvgIpc) is 2.42. The molecule has 1 saturated carbocycles. The van der Waals surface area contributed by atoms with Gasteiger partial charge >= 0.3 is 6.09 Å². The molecule has 2 unspecified atom stereocenters. The molecule has 1 amide bonds. The van der Waals surface area contributed by atoms with Crippen LogP contribution >= 0.6 is 0 Å². The fourth-order valence-electron chi connectivity index (χ4n) is 1.78. The van der Waals surface area contributed by atoms with Gasteiger partial charge in [0.1, 0.15) is 11.2 Å². The summed E-state index contributed by atoms with van der Waals surface area (Å²) in [4.78, 5) is 11.3. The maximum Gasteiger partial charge on any atom is 0.407 e. The molecule has 5 nitrogen and oxygen atoms in total. The maximum absolute atomic E-state index is 11.3. The summed E-state index contributed by atoms with van der Waals surface area (Å²) in [6.07, 6.45) is 0.520. The van der Waals surface area contributed by atoms with Gasteiger partial charge in [0.05, 0.1) is 12.6 Å². The lowest BCUT2D eigenvalue weighted by Gasteiger charge is -2.27. The van der Waals surface area contributed by atoms with Gasteiger partial charge in [0, 0.05) is 0 Å². The van der Waals surface area contributed by atoms with E-state index in [0.29, 0.717) is 12.8 Å². The van der Waals surface area contributed by atoms with Crippen LogP contribution in [0.3, 0.4) is 0 Å². The first-order valence-electron chi connectivity index (χ1n) is 5.60. The van der Waals surface area contributed by atoms with Crippen LogP contribution in [-0.2, 0) is 4.74 Å². The van der Waals surface area contributed by atoms with Crippen LogP contribution in [0.25, 0.3) is 0 Å². The molecule has 1 rings (SSSR count). The molecule has 5 heteroatoms. The molecule has 94 valence electrons. The molecule has 3 N–H and O–H groups in total. The number of amides is 1. The number of carbonyl (C=O) groups is 1. The van der Waals surface area contributed by atoms with Crippen molar-refractivity contribution in [3.05, 3.63) is 0 Å². The third-order valence-electron chi connectivity index (χ3n) is 2.65. The molecule has 0 aromatic rings. The van der Waals surface area contributed by atoms with E-state index in [9.17, 15) is 15.0 Å². The van der Waals surface area contributed by atoms with Crippen LogP contribution in [-0.4, -0.2) is 40.2 Å². The minimum absolute atomic E-state index is 0.0308. The summed E-state index contributed by atoms with van der Waals surface area (Å²) in [5, 5.41) is 22.0. The Balaban J connectivity index is 2.37. The van der Waals surface area contributed by atoms with E-state index in [-0.39, 0.29) is 6.54 Å². The lowest BCUT2D eigenvalue weighted by Crippen LogP contribution is -2.49. The Morgan fingerprint density at radius 3 is 2.62 bits per heavy atom. The summed E-state index contributed by atoms with van der Waals surface area (Å²) < 4.78 is 5.03. The van der Waals surface area contributed by atoms with E-state index < -0.39 is 23.4 Å². The monoisotopic (exact) mass is 231 g/mol. The van der Waals surface area contributed by atoms with Crippen LogP contribution < -0.4 is 5.32 Å². The summed E-state index contributed by atoms with van der Waals surface area (Å²) in [6.45, 7) is 5.34. The number of hydrogen-bond donors (Lipinski definition) is 3. The lowest BCUT2D eigenvalue weighted by atomic mass is 10.0. The van der Waals surface area contributed by atoms with Crippen molar-refractivity contribution in [3.63, 3.8) is 0 Å². The van der Waals surface area contributed by atoms with E-state index in [4.69, 9.17) is 4.74 Å². The van der Waals surface area contributed by atoms with Gasteiger partial charge in [-0.2, -0.15) is 0 Å². The molecule has 0 saturated heterocycles. The third kappa shape index (κ3) is 3.64. The quantitative estimate of drug-likeness (QED) is 0.656. The van der Waals surface area contributed by atoms with Gasteiger partial charge in [-0.15, -0.1) is 0 Å². The summed E-state index contributed by atoms with van der Waals surface area (Å²) in [5.41, 5.74) is -1.75. The lowest BCUT2D eigenvalue weighted by molar-refractivity contribution is -0.0520. The number of nitrogens with one attached hydrogen (secondary N) is 1. The van der Waals surface area contributed by atoms with Gasteiger partial charge in [-0.25, -0.2) is 4.79 Å². The van der Waals surface area contributed by atoms with E-state index in [2.05, 4.69) is 5.32 Å². The summed E-state index contributed by atoms with van der Waals surface area (Å²) >= 11 is 0. The molecular formula is C11H21NO4. The number of ether oxygens (including phenoxy) is 1. The van der Waals surface area contributed by atoms with Crippen LogP contribution in [0.5, 0.6) is 0 Å². The van der Waals surface area contributed by atoms with Crippen LogP contribution in [0.2, 0.25) is 0 Å². The first kappa shape index (κ1) is 13.3. The third-order valence-corrected chi connectivity index (χ3v) is 2.65. The number of carbonyl (C=O) groups excluding carboxylic acids is 1. The molecule has 1 aliphatic rings. The minimum atomic E-state index is -1.20. The summed E-state index contributed by atoms with van der Waals surface area (Å²) in [5.74, 6) is 0. The largest absolute Gasteiger partial charge is 0.444 e. The highest BCUT2D eigenvalue weighted by molar-refractivity contribution is 5.67. The second kappa shape index (κ2) is 4.59. The summed E-state index contributed by atoms with van der Waals surface area (Å²) in [6, 6.07) is 0. The van der Waals surface area contributed by atoms with Crippen molar-refractivity contribution < 1.29 is 19.7 Å². The van der Waals surface area contributed by atoms with Crippen molar-refractivity contribution in [1.82, 2.24) is 5.32 Å². The van der Waals surface area contributed by atoms with Gasteiger partial charge in [-0.05, 0) is 40.0 Å². The standard InChI is InChI=1S/C11H21NO4/c1-10(2,3)16-9(14)12-7-11(15)6-4-5-8(11)13/h8,13,15H,4-7H2,1-3H3,(H,12,14). The Kier molecular flexibility index (Phi) is 3.80. The van der Waals surface area contributed by atoms with Gasteiger partial charge in [-0.3, -0.25) is 0 Å². The topological polar surface area (TPSA) is 78.8 Å². The smallest absolute Gasteiger partial charge is 0.407 e. The number of alkyl carbamates (subject to hydrolysis) is 1. The van der Waals surface area contributed by atoms with E-state index >= 15 is 0 Å². The Morgan fingerprint density at radius 2 is 2.19 bits per heavy atom. The molecular weight excluding hydrogens is 210 g/mol. The van der Waals surface area contributed by atoms with Crippen LogP contribution in [0.15, 0.2) is 0 Å². The zero-order valence-electron chi connectivity index (χ0n) is 10.1. The van der Waals surface area contributed by atoms with Crippen molar-refractivity contribution in [2.75, 3.05) is 6.54 Å². The van der Waals surface area contributed by atoms with Crippen molar-refractivity contribution in [2.45, 2.75) is 57.3 Å². The van der Waals surface area contributed by atoms with Gasteiger partial charge in [0.25, 0.3) is 0 Å². The fraction of sp³-hybridized carbons (Fsp3) is 0.909. The summed E-state index contributed by atoms with van der Waals surface area (Å²) in [7, 11) is 0. The Bertz CT molecular complexity index is 261. The molecule has 1 aliphatic carbocycles. The molecule has 0 aliphatic heterocycles. The second-order valence-electron chi connectivity index (χ2n) is 5.37. The molecule has 0 heterocycles. The Labute approximate surface area is 95.8 Å². The molecule has 1 fully saturated rings. The number of rotatable bonds is 2. The number of aliphatic hydroxyl groups is 2. The van der Waals surface area contributed by atoms with Gasteiger partial charge in [0.2, 0.25) is 0 Å². The maximum atomic E-state index is 11.3. The van der Waals surface area contributed by atoms with E-state index in [1.54, 1.807) is 20.8 Å². The molecule has 0 aromatic heterocycles. The van der Waals surface area contributed by atoms with Crippen LogP contribution in [0.4, 0.5) is 4.79 Å². The van der Waals surface area contributed by atoms with Crippen LogP contribution in [0.1, 0.15) is 40.0 Å². The van der Waals surface area contributed by atoms with Crippen molar-refractivity contribution in [1.29, 1.82) is 0 Å². The predicted molar refractivity (Wildman–Crippen MR) is 59.0 cm³/mol. The molecule has 0 bridgehead atoms. The fourth-order valence-corrected chi connectivity index (χ4v) is 1.78. The molecule has 16 heavy (non-hydrogen) atoms. The first-order valence-corrected chi connectivity index (χ1v) is 5.60.